The second-order valence-corrected chi connectivity index (χ2v) is 9.65. The van der Waals surface area contributed by atoms with Crippen molar-refractivity contribution in [3.63, 3.8) is 0 Å². The van der Waals surface area contributed by atoms with Crippen LogP contribution in [0, 0.1) is 20.8 Å². The largest absolute Gasteiger partial charge is 0.369 e. The van der Waals surface area contributed by atoms with Crippen LogP contribution in [0.4, 0.5) is 5.69 Å². The first kappa shape index (κ1) is 25.8. The van der Waals surface area contributed by atoms with Crippen molar-refractivity contribution in [2.24, 2.45) is 0 Å². The quantitative estimate of drug-likeness (QED) is 0.547. The number of H-pyrrole nitrogens is 1. The van der Waals surface area contributed by atoms with Gasteiger partial charge < -0.3 is 20.5 Å². The number of aromatic amines is 1. The van der Waals surface area contributed by atoms with Crippen molar-refractivity contribution in [1.29, 1.82) is 0 Å². The Bertz CT molecular complexity index is 1120. The molecule has 1 aliphatic rings. The first-order chi connectivity index (χ1) is 16.1. The SMILES string of the molecule is CCN(c1cc(Cl)cc(C(=O)NCc2c(C)cc(C)[nH]c2=O)c1C)C1CCC(NC(C)=O)CC1. The highest BCUT2D eigenvalue weighted by Gasteiger charge is 2.28. The molecule has 0 atom stereocenters. The van der Waals surface area contributed by atoms with E-state index in [4.69, 9.17) is 11.6 Å². The summed E-state index contributed by atoms with van der Waals surface area (Å²) in [6.07, 6.45) is 3.78. The number of aromatic nitrogens is 1. The molecular weight excluding hydrogens is 452 g/mol. The van der Waals surface area contributed by atoms with Crippen LogP contribution in [0.2, 0.25) is 5.02 Å². The van der Waals surface area contributed by atoms with Crippen molar-refractivity contribution >= 4 is 29.1 Å². The van der Waals surface area contributed by atoms with Gasteiger partial charge in [-0.15, -0.1) is 0 Å². The number of nitrogens with one attached hydrogen (secondary N) is 3. The first-order valence-corrected chi connectivity index (χ1v) is 12.3. The van der Waals surface area contributed by atoms with Gasteiger partial charge in [0.05, 0.1) is 0 Å². The maximum absolute atomic E-state index is 13.1. The van der Waals surface area contributed by atoms with Gasteiger partial charge in [0.25, 0.3) is 11.5 Å². The smallest absolute Gasteiger partial charge is 0.253 e. The number of benzene rings is 1. The lowest BCUT2D eigenvalue weighted by Crippen LogP contribution is -2.44. The van der Waals surface area contributed by atoms with Crippen molar-refractivity contribution in [3.05, 3.63) is 61.5 Å². The molecule has 1 aromatic heterocycles. The van der Waals surface area contributed by atoms with Gasteiger partial charge in [0.1, 0.15) is 0 Å². The molecular formula is C26H35ClN4O3. The summed E-state index contributed by atoms with van der Waals surface area (Å²) >= 11 is 6.46. The minimum atomic E-state index is -0.258. The number of carbonyl (C=O) groups excluding carboxylic acids is 2. The summed E-state index contributed by atoms with van der Waals surface area (Å²) in [5.74, 6) is -0.244. The Morgan fingerprint density at radius 3 is 2.38 bits per heavy atom. The van der Waals surface area contributed by atoms with Crippen LogP contribution in [0.25, 0.3) is 0 Å². The van der Waals surface area contributed by atoms with E-state index in [1.165, 1.54) is 0 Å². The highest BCUT2D eigenvalue weighted by atomic mass is 35.5. The molecule has 1 aromatic carbocycles. The lowest BCUT2D eigenvalue weighted by Gasteiger charge is -2.39. The summed E-state index contributed by atoms with van der Waals surface area (Å²) in [6.45, 7) is 10.2. The number of carbonyl (C=O) groups is 2. The second-order valence-electron chi connectivity index (χ2n) is 9.22. The van der Waals surface area contributed by atoms with E-state index in [0.717, 1.165) is 54.7 Å². The molecule has 2 aromatic rings. The summed E-state index contributed by atoms with van der Waals surface area (Å²) in [5.41, 5.74) is 4.32. The van der Waals surface area contributed by atoms with Crippen molar-refractivity contribution in [2.75, 3.05) is 11.4 Å². The monoisotopic (exact) mass is 486 g/mol. The topological polar surface area (TPSA) is 94.3 Å². The molecule has 2 amide bonds. The molecule has 34 heavy (non-hydrogen) atoms. The number of hydrogen-bond acceptors (Lipinski definition) is 4. The van der Waals surface area contributed by atoms with Gasteiger partial charge in [-0.05, 0) is 82.7 Å². The van der Waals surface area contributed by atoms with Crippen LogP contribution in [0.15, 0.2) is 23.0 Å². The number of hydrogen-bond donors (Lipinski definition) is 3. The van der Waals surface area contributed by atoms with Gasteiger partial charge in [0.15, 0.2) is 0 Å². The van der Waals surface area contributed by atoms with Crippen LogP contribution in [0.3, 0.4) is 0 Å². The Labute approximate surface area is 206 Å². The van der Waals surface area contributed by atoms with Gasteiger partial charge in [-0.2, -0.15) is 0 Å². The number of aryl methyl sites for hydroxylation is 2. The molecule has 184 valence electrons. The fraction of sp³-hybridized carbons (Fsp3) is 0.500. The summed E-state index contributed by atoms with van der Waals surface area (Å²) in [4.78, 5) is 41.9. The summed E-state index contributed by atoms with van der Waals surface area (Å²) in [6, 6.07) is 6.04. The standard InChI is InChI=1S/C26H35ClN4O3/c1-6-31(21-9-7-20(8-10-21)30-18(5)32)24-13-19(27)12-22(17(24)4)25(33)28-14-23-15(2)11-16(3)29-26(23)34/h11-13,20-21H,6-10,14H2,1-5H3,(H,28,33)(H,29,34)(H,30,32). The van der Waals surface area contributed by atoms with Crippen LogP contribution in [0.1, 0.15) is 72.3 Å². The molecule has 1 heterocycles. The van der Waals surface area contributed by atoms with E-state index in [9.17, 15) is 14.4 Å². The number of amides is 2. The molecule has 1 saturated carbocycles. The van der Waals surface area contributed by atoms with Crippen LogP contribution in [0.5, 0.6) is 0 Å². The van der Waals surface area contributed by atoms with Gasteiger partial charge in [0, 0.05) is 59.6 Å². The third kappa shape index (κ3) is 6.00. The number of halogens is 1. The van der Waals surface area contributed by atoms with Crippen LogP contribution in [-0.2, 0) is 11.3 Å². The zero-order valence-electron chi connectivity index (χ0n) is 20.7. The maximum atomic E-state index is 13.1. The van der Waals surface area contributed by atoms with Gasteiger partial charge in [-0.25, -0.2) is 0 Å². The van der Waals surface area contributed by atoms with Gasteiger partial charge >= 0.3 is 0 Å². The minimum Gasteiger partial charge on any atom is -0.369 e. The Morgan fingerprint density at radius 2 is 1.79 bits per heavy atom. The Balaban J connectivity index is 1.79. The van der Waals surface area contributed by atoms with Gasteiger partial charge in [-0.1, -0.05) is 11.6 Å². The van der Waals surface area contributed by atoms with E-state index in [-0.39, 0.29) is 30.0 Å². The van der Waals surface area contributed by atoms with Crippen LogP contribution < -0.4 is 21.1 Å². The zero-order chi connectivity index (χ0) is 25.0. The third-order valence-electron chi connectivity index (χ3n) is 6.70. The van der Waals surface area contributed by atoms with Crippen molar-refractivity contribution < 1.29 is 9.59 Å². The van der Waals surface area contributed by atoms with Crippen molar-refractivity contribution in [3.8, 4) is 0 Å². The van der Waals surface area contributed by atoms with Crippen molar-refractivity contribution in [1.82, 2.24) is 15.6 Å². The normalized spacial score (nSPS) is 17.8. The van der Waals surface area contributed by atoms with Crippen molar-refractivity contribution in [2.45, 2.75) is 78.9 Å². The molecule has 3 N–H and O–H groups in total. The number of anilines is 1. The molecule has 1 fully saturated rings. The highest BCUT2D eigenvalue weighted by molar-refractivity contribution is 6.31. The molecule has 8 heteroatoms. The minimum absolute atomic E-state index is 0.0139. The summed E-state index contributed by atoms with van der Waals surface area (Å²) in [7, 11) is 0. The average Bonchev–Trinajstić information content (AvgIpc) is 2.76. The molecule has 0 spiro atoms. The summed E-state index contributed by atoms with van der Waals surface area (Å²) in [5, 5.41) is 6.42. The first-order valence-electron chi connectivity index (χ1n) is 11.9. The zero-order valence-corrected chi connectivity index (χ0v) is 21.4. The second kappa shape index (κ2) is 11.1. The molecule has 0 radical (unpaired) electrons. The molecule has 0 bridgehead atoms. The molecule has 0 aliphatic heterocycles. The predicted octanol–water partition coefficient (Wildman–Crippen LogP) is 4.16. The Kier molecular flexibility index (Phi) is 8.42. The lowest BCUT2D eigenvalue weighted by atomic mass is 9.89. The molecule has 7 nitrogen and oxygen atoms in total. The molecule has 0 saturated heterocycles. The van der Waals surface area contributed by atoms with Gasteiger partial charge in [-0.3, -0.25) is 14.4 Å². The average molecular weight is 487 g/mol. The van der Waals surface area contributed by atoms with E-state index in [0.29, 0.717) is 22.2 Å². The summed E-state index contributed by atoms with van der Waals surface area (Å²) < 4.78 is 0. The predicted molar refractivity (Wildman–Crippen MR) is 137 cm³/mol. The number of rotatable bonds is 7. The highest BCUT2D eigenvalue weighted by Crippen LogP contribution is 2.33. The van der Waals surface area contributed by atoms with E-state index in [1.807, 2.05) is 32.9 Å². The molecule has 0 unspecified atom stereocenters. The van der Waals surface area contributed by atoms with E-state index in [1.54, 1.807) is 13.0 Å². The Hall–Kier alpha value is -2.80. The Morgan fingerprint density at radius 1 is 1.12 bits per heavy atom. The maximum Gasteiger partial charge on any atom is 0.253 e. The molecule has 1 aliphatic carbocycles. The van der Waals surface area contributed by atoms with Gasteiger partial charge in [0.2, 0.25) is 5.91 Å². The van der Waals surface area contributed by atoms with E-state index in [2.05, 4.69) is 27.4 Å². The lowest BCUT2D eigenvalue weighted by molar-refractivity contribution is -0.119. The third-order valence-corrected chi connectivity index (χ3v) is 6.92. The number of pyridine rings is 1. The van der Waals surface area contributed by atoms with Crippen LogP contribution in [-0.4, -0.2) is 35.4 Å². The fourth-order valence-electron chi connectivity index (χ4n) is 5.01. The number of nitrogens with zero attached hydrogens (tertiary/aromatic N) is 1. The van der Waals surface area contributed by atoms with Crippen LogP contribution >= 0.6 is 11.6 Å². The fourth-order valence-corrected chi connectivity index (χ4v) is 5.22. The van der Waals surface area contributed by atoms with E-state index >= 15 is 0 Å². The molecule has 3 rings (SSSR count). The van der Waals surface area contributed by atoms with E-state index < -0.39 is 0 Å².